The van der Waals surface area contributed by atoms with E-state index in [0.717, 1.165) is 26.2 Å². The van der Waals surface area contributed by atoms with Crippen molar-refractivity contribution >= 4 is 6.09 Å². The number of ether oxygens (including phenoxy) is 2. The van der Waals surface area contributed by atoms with Gasteiger partial charge in [-0.05, 0) is 27.2 Å². The van der Waals surface area contributed by atoms with Crippen LogP contribution in [0.1, 0.15) is 27.2 Å². The van der Waals surface area contributed by atoms with Gasteiger partial charge in [0.2, 0.25) is 0 Å². The lowest BCUT2D eigenvalue weighted by molar-refractivity contribution is -0.0651. The Labute approximate surface area is 95.9 Å². The average molecular weight is 228 g/mol. The molecule has 92 valence electrons. The normalized spacial score (nSPS) is 27.6. The maximum atomic E-state index is 11.5. The van der Waals surface area contributed by atoms with E-state index in [1.165, 1.54) is 0 Å². The Morgan fingerprint density at radius 2 is 2.19 bits per heavy atom. The molecule has 0 saturated carbocycles. The van der Waals surface area contributed by atoms with E-state index in [0.29, 0.717) is 0 Å². The van der Waals surface area contributed by atoms with Crippen LogP contribution in [-0.2, 0) is 9.47 Å². The smallest absolute Gasteiger partial charge is 0.407 e. The van der Waals surface area contributed by atoms with Gasteiger partial charge in [0.15, 0.2) is 0 Å². The zero-order valence-corrected chi connectivity index (χ0v) is 10.1. The van der Waals surface area contributed by atoms with Gasteiger partial charge < -0.3 is 20.1 Å². The highest BCUT2D eigenvalue weighted by Crippen LogP contribution is 2.27. The number of hydrogen-bond acceptors (Lipinski definition) is 4. The second-order valence-electron chi connectivity index (χ2n) is 5.70. The lowest BCUT2D eigenvalue weighted by Gasteiger charge is -2.38. The fourth-order valence-electron chi connectivity index (χ4n) is 2.10. The Morgan fingerprint density at radius 3 is 2.62 bits per heavy atom. The van der Waals surface area contributed by atoms with E-state index in [4.69, 9.17) is 9.47 Å². The minimum Gasteiger partial charge on any atom is -0.444 e. The van der Waals surface area contributed by atoms with E-state index in [2.05, 4.69) is 10.6 Å². The predicted molar refractivity (Wildman–Crippen MR) is 59.3 cm³/mol. The first-order valence-electron chi connectivity index (χ1n) is 5.71. The third-order valence-electron chi connectivity index (χ3n) is 2.84. The SMILES string of the molecule is CC(C)(C)OC(=O)NC1CNC2(COC2)C1. The molecule has 2 heterocycles. The van der Waals surface area contributed by atoms with Crippen molar-refractivity contribution in [1.29, 1.82) is 0 Å². The lowest BCUT2D eigenvalue weighted by atomic mass is 9.94. The standard InChI is InChI=1S/C11H20N2O3/c1-10(2,3)16-9(14)13-8-4-11(12-5-8)6-15-7-11/h8,12H,4-7H2,1-3H3,(H,13,14). The molecule has 2 aliphatic rings. The monoisotopic (exact) mass is 228 g/mol. The fraction of sp³-hybridized carbons (Fsp3) is 0.909. The van der Waals surface area contributed by atoms with E-state index >= 15 is 0 Å². The Hall–Kier alpha value is -0.810. The highest BCUT2D eigenvalue weighted by Gasteiger charge is 2.45. The van der Waals surface area contributed by atoms with Gasteiger partial charge >= 0.3 is 6.09 Å². The molecule has 2 rings (SSSR count). The number of hydrogen-bond donors (Lipinski definition) is 2. The maximum Gasteiger partial charge on any atom is 0.407 e. The summed E-state index contributed by atoms with van der Waals surface area (Å²) in [6.07, 6.45) is 0.586. The molecule has 0 aromatic carbocycles. The zero-order valence-electron chi connectivity index (χ0n) is 10.1. The molecular formula is C11H20N2O3. The third-order valence-corrected chi connectivity index (χ3v) is 2.84. The molecule has 1 atom stereocenters. The summed E-state index contributed by atoms with van der Waals surface area (Å²) in [5.74, 6) is 0. The van der Waals surface area contributed by atoms with Gasteiger partial charge in [0.05, 0.1) is 18.8 Å². The van der Waals surface area contributed by atoms with Crippen molar-refractivity contribution in [3.63, 3.8) is 0 Å². The number of alkyl carbamates (subject to hydrolysis) is 1. The topological polar surface area (TPSA) is 59.6 Å². The Morgan fingerprint density at radius 1 is 1.50 bits per heavy atom. The highest BCUT2D eigenvalue weighted by molar-refractivity contribution is 5.68. The van der Waals surface area contributed by atoms with Crippen molar-refractivity contribution in [3.8, 4) is 0 Å². The van der Waals surface area contributed by atoms with Crippen molar-refractivity contribution in [2.24, 2.45) is 0 Å². The van der Waals surface area contributed by atoms with Crippen molar-refractivity contribution in [2.75, 3.05) is 19.8 Å². The molecule has 2 saturated heterocycles. The van der Waals surface area contributed by atoms with Gasteiger partial charge in [-0.25, -0.2) is 4.79 Å². The molecule has 2 aliphatic heterocycles. The van der Waals surface area contributed by atoms with Crippen LogP contribution in [0, 0.1) is 0 Å². The van der Waals surface area contributed by atoms with Crippen LogP contribution >= 0.6 is 0 Å². The second kappa shape index (κ2) is 3.89. The summed E-state index contributed by atoms with van der Waals surface area (Å²) >= 11 is 0. The molecule has 0 radical (unpaired) electrons. The largest absolute Gasteiger partial charge is 0.444 e. The molecule has 5 heteroatoms. The molecular weight excluding hydrogens is 208 g/mol. The van der Waals surface area contributed by atoms with E-state index < -0.39 is 5.60 Å². The first-order chi connectivity index (χ1) is 7.39. The van der Waals surface area contributed by atoms with Crippen molar-refractivity contribution in [2.45, 2.75) is 44.4 Å². The summed E-state index contributed by atoms with van der Waals surface area (Å²) in [6, 6.07) is 0.152. The first kappa shape index (κ1) is 11.7. The molecule has 16 heavy (non-hydrogen) atoms. The Kier molecular flexibility index (Phi) is 2.84. The molecule has 0 aromatic rings. The van der Waals surface area contributed by atoms with Gasteiger partial charge in [-0.1, -0.05) is 0 Å². The minimum absolute atomic E-state index is 0.111. The summed E-state index contributed by atoms with van der Waals surface area (Å²) in [5.41, 5.74) is -0.326. The average Bonchev–Trinajstić information content (AvgIpc) is 2.43. The summed E-state index contributed by atoms with van der Waals surface area (Å²) in [4.78, 5) is 11.5. The van der Waals surface area contributed by atoms with Crippen LogP contribution in [0.4, 0.5) is 4.79 Å². The van der Waals surface area contributed by atoms with E-state index in [1.54, 1.807) is 0 Å². The van der Waals surface area contributed by atoms with Crippen molar-refractivity contribution in [3.05, 3.63) is 0 Å². The van der Waals surface area contributed by atoms with Gasteiger partial charge in [0, 0.05) is 12.6 Å². The summed E-state index contributed by atoms with van der Waals surface area (Å²) < 4.78 is 10.4. The summed E-state index contributed by atoms with van der Waals surface area (Å²) in [7, 11) is 0. The predicted octanol–water partition coefficient (Wildman–Crippen LogP) is 0.642. The zero-order chi connectivity index (χ0) is 11.8. The molecule has 5 nitrogen and oxygen atoms in total. The quantitative estimate of drug-likeness (QED) is 0.691. The van der Waals surface area contributed by atoms with Crippen LogP contribution in [0.15, 0.2) is 0 Å². The molecule has 2 fully saturated rings. The number of rotatable bonds is 1. The fourth-order valence-corrected chi connectivity index (χ4v) is 2.10. The minimum atomic E-state index is -0.437. The molecule has 0 aromatic heterocycles. The number of amides is 1. The highest BCUT2D eigenvalue weighted by atomic mass is 16.6. The van der Waals surface area contributed by atoms with E-state index in [1.807, 2.05) is 20.8 Å². The summed E-state index contributed by atoms with van der Waals surface area (Å²) in [6.45, 7) is 7.88. The molecule has 1 spiro atoms. The first-order valence-corrected chi connectivity index (χ1v) is 5.71. The maximum absolute atomic E-state index is 11.5. The van der Waals surface area contributed by atoms with Gasteiger partial charge in [0.1, 0.15) is 5.60 Å². The van der Waals surface area contributed by atoms with Crippen LogP contribution in [0.2, 0.25) is 0 Å². The van der Waals surface area contributed by atoms with Crippen molar-refractivity contribution in [1.82, 2.24) is 10.6 Å². The van der Waals surface area contributed by atoms with Crippen molar-refractivity contribution < 1.29 is 14.3 Å². The Balaban J connectivity index is 1.76. The number of nitrogens with one attached hydrogen (secondary N) is 2. The number of carbonyl (C=O) groups excluding carboxylic acids is 1. The molecule has 0 bridgehead atoms. The van der Waals surface area contributed by atoms with Gasteiger partial charge in [0.25, 0.3) is 0 Å². The van der Waals surface area contributed by atoms with Crippen LogP contribution in [-0.4, -0.2) is 43.0 Å². The van der Waals surface area contributed by atoms with E-state index in [-0.39, 0.29) is 17.7 Å². The number of carbonyl (C=O) groups is 1. The Bertz CT molecular complexity index is 281. The summed E-state index contributed by atoms with van der Waals surface area (Å²) in [5, 5.41) is 6.27. The van der Waals surface area contributed by atoms with Crippen LogP contribution in [0.5, 0.6) is 0 Å². The molecule has 1 unspecified atom stereocenters. The lowest BCUT2D eigenvalue weighted by Crippen LogP contribution is -2.56. The van der Waals surface area contributed by atoms with Crippen LogP contribution < -0.4 is 10.6 Å². The molecule has 1 amide bonds. The molecule has 0 aliphatic carbocycles. The van der Waals surface area contributed by atoms with Gasteiger partial charge in [-0.3, -0.25) is 0 Å². The third kappa shape index (κ3) is 2.65. The van der Waals surface area contributed by atoms with E-state index in [9.17, 15) is 4.79 Å². The van der Waals surface area contributed by atoms with Gasteiger partial charge in [-0.2, -0.15) is 0 Å². The van der Waals surface area contributed by atoms with Gasteiger partial charge in [-0.15, -0.1) is 0 Å². The van der Waals surface area contributed by atoms with Crippen LogP contribution in [0.25, 0.3) is 0 Å². The van der Waals surface area contributed by atoms with Crippen LogP contribution in [0.3, 0.4) is 0 Å². The second-order valence-corrected chi connectivity index (χ2v) is 5.70. The molecule has 2 N–H and O–H groups in total.